The van der Waals surface area contributed by atoms with Crippen molar-refractivity contribution >= 4 is 29.2 Å². The molecule has 0 bridgehead atoms. The molecule has 23 heavy (non-hydrogen) atoms. The first kappa shape index (κ1) is 17.5. The molecule has 0 aliphatic carbocycles. The minimum absolute atomic E-state index is 0.177. The number of ether oxygens (including phenoxy) is 2. The number of hydrogen-bond donors (Lipinski definition) is 1. The molecule has 0 spiro atoms. The maximum Gasteiger partial charge on any atom is 0.244 e. The van der Waals surface area contributed by atoms with Crippen molar-refractivity contribution in [3.05, 3.63) is 41.3 Å². The van der Waals surface area contributed by atoms with Crippen molar-refractivity contribution in [2.45, 2.75) is 6.42 Å². The van der Waals surface area contributed by atoms with Gasteiger partial charge >= 0.3 is 0 Å². The predicted molar refractivity (Wildman–Crippen MR) is 89.6 cm³/mol. The van der Waals surface area contributed by atoms with Gasteiger partial charge in [0.1, 0.15) is 5.65 Å². The van der Waals surface area contributed by atoms with Gasteiger partial charge in [-0.1, -0.05) is 17.7 Å². The second-order valence-electron chi connectivity index (χ2n) is 4.80. The molecule has 2 aromatic heterocycles. The minimum Gasteiger partial charge on any atom is -0.382 e. The van der Waals surface area contributed by atoms with E-state index < -0.39 is 0 Å². The van der Waals surface area contributed by atoms with Crippen molar-refractivity contribution in [1.29, 1.82) is 0 Å². The van der Waals surface area contributed by atoms with Gasteiger partial charge < -0.3 is 14.8 Å². The Bertz CT molecular complexity index is 670. The van der Waals surface area contributed by atoms with Crippen molar-refractivity contribution in [2.75, 3.05) is 33.5 Å². The van der Waals surface area contributed by atoms with Crippen LogP contribution < -0.4 is 5.32 Å². The van der Waals surface area contributed by atoms with Crippen molar-refractivity contribution in [3.8, 4) is 0 Å². The monoisotopic (exact) mass is 337 g/mol. The number of nitrogens with zero attached hydrogens (tertiary/aromatic N) is 2. The number of aromatic nitrogens is 2. The Morgan fingerprint density at radius 3 is 3.09 bits per heavy atom. The van der Waals surface area contributed by atoms with E-state index in [2.05, 4.69) is 10.3 Å². The molecule has 2 rings (SSSR count). The van der Waals surface area contributed by atoms with Gasteiger partial charge in [-0.15, -0.1) is 0 Å². The van der Waals surface area contributed by atoms with Gasteiger partial charge in [0.15, 0.2) is 5.15 Å². The third-order valence-electron chi connectivity index (χ3n) is 3.11. The molecule has 0 unspecified atom stereocenters. The van der Waals surface area contributed by atoms with Crippen LogP contribution in [0.1, 0.15) is 12.1 Å². The van der Waals surface area contributed by atoms with E-state index in [9.17, 15) is 4.79 Å². The standard InChI is InChI=1S/C16H20ClN3O3/c1-22-11-12-23-10-4-8-18-15(21)7-6-13-16(17)19-14-5-2-3-9-20(13)14/h2-3,5-7,9H,4,8,10-12H2,1H3,(H,18,21)/b7-6+. The summed E-state index contributed by atoms with van der Waals surface area (Å²) in [6.45, 7) is 2.29. The van der Waals surface area contributed by atoms with E-state index in [4.69, 9.17) is 21.1 Å². The zero-order valence-electron chi connectivity index (χ0n) is 13.0. The highest BCUT2D eigenvalue weighted by Crippen LogP contribution is 2.18. The van der Waals surface area contributed by atoms with Crippen LogP contribution in [0.4, 0.5) is 0 Å². The molecule has 0 fully saturated rings. The number of methoxy groups -OCH3 is 1. The number of imidazole rings is 1. The van der Waals surface area contributed by atoms with Gasteiger partial charge in [-0.25, -0.2) is 4.98 Å². The molecule has 7 heteroatoms. The number of amides is 1. The van der Waals surface area contributed by atoms with Crippen LogP contribution in [-0.2, 0) is 14.3 Å². The molecule has 0 aliphatic rings. The van der Waals surface area contributed by atoms with Gasteiger partial charge in [0.05, 0.1) is 18.9 Å². The van der Waals surface area contributed by atoms with Crippen LogP contribution >= 0.6 is 11.6 Å². The van der Waals surface area contributed by atoms with Gasteiger partial charge in [0, 0.05) is 32.5 Å². The number of nitrogens with one attached hydrogen (secondary N) is 1. The van der Waals surface area contributed by atoms with Crippen molar-refractivity contribution in [3.63, 3.8) is 0 Å². The van der Waals surface area contributed by atoms with Crippen LogP contribution in [0, 0.1) is 0 Å². The highest BCUT2D eigenvalue weighted by Gasteiger charge is 2.07. The fourth-order valence-electron chi connectivity index (χ4n) is 1.98. The molecule has 0 aromatic carbocycles. The minimum atomic E-state index is -0.177. The smallest absolute Gasteiger partial charge is 0.244 e. The highest BCUT2D eigenvalue weighted by molar-refractivity contribution is 6.31. The Morgan fingerprint density at radius 1 is 1.39 bits per heavy atom. The SMILES string of the molecule is COCCOCCCNC(=O)/C=C/c1c(Cl)nc2ccccn12. The predicted octanol–water partition coefficient (Wildman–Crippen LogP) is 2.17. The van der Waals surface area contributed by atoms with Crippen LogP contribution in [0.25, 0.3) is 11.7 Å². The summed E-state index contributed by atoms with van der Waals surface area (Å²) in [7, 11) is 1.63. The van der Waals surface area contributed by atoms with Gasteiger partial charge in [-0.2, -0.15) is 0 Å². The van der Waals surface area contributed by atoms with E-state index in [0.717, 1.165) is 12.1 Å². The summed E-state index contributed by atoms with van der Waals surface area (Å²) in [5.74, 6) is -0.177. The molecular weight excluding hydrogens is 318 g/mol. The average Bonchev–Trinajstić information content (AvgIpc) is 2.87. The summed E-state index contributed by atoms with van der Waals surface area (Å²) in [5, 5.41) is 3.16. The lowest BCUT2D eigenvalue weighted by Crippen LogP contribution is -2.23. The normalized spacial score (nSPS) is 11.4. The number of fused-ring (bicyclic) bond motifs is 1. The zero-order valence-corrected chi connectivity index (χ0v) is 13.8. The first-order valence-corrected chi connectivity index (χ1v) is 7.75. The lowest BCUT2D eigenvalue weighted by molar-refractivity contribution is -0.116. The van der Waals surface area contributed by atoms with E-state index in [0.29, 0.717) is 37.2 Å². The van der Waals surface area contributed by atoms with Crippen molar-refractivity contribution in [2.24, 2.45) is 0 Å². The zero-order chi connectivity index (χ0) is 16.5. The molecule has 2 aromatic rings. The topological polar surface area (TPSA) is 64.9 Å². The molecule has 0 atom stereocenters. The summed E-state index contributed by atoms with van der Waals surface area (Å²) < 4.78 is 12.0. The third kappa shape index (κ3) is 5.35. The maximum atomic E-state index is 11.8. The Morgan fingerprint density at radius 2 is 2.26 bits per heavy atom. The van der Waals surface area contributed by atoms with E-state index in [1.54, 1.807) is 13.2 Å². The van der Waals surface area contributed by atoms with Crippen LogP contribution in [-0.4, -0.2) is 48.8 Å². The summed E-state index contributed by atoms with van der Waals surface area (Å²) in [6, 6.07) is 5.62. The summed E-state index contributed by atoms with van der Waals surface area (Å²) in [6.07, 6.45) is 5.71. The Labute approximate surface area is 140 Å². The van der Waals surface area contributed by atoms with Crippen molar-refractivity contribution in [1.82, 2.24) is 14.7 Å². The van der Waals surface area contributed by atoms with E-state index in [1.807, 2.05) is 28.8 Å². The molecule has 0 radical (unpaired) electrons. The van der Waals surface area contributed by atoms with Crippen LogP contribution in [0.15, 0.2) is 30.5 Å². The Balaban J connectivity index is 1.78. The molecule has 2 heterocycles. The lowest BCUT2D eigenvalue weighted by atomic mass is 10.3. The van der Waals surface area contributed by atoms with Crippen molar-refractivity contribution < 1.29 is 14.3 Å². The van der Waals surface area contributed by atoms with Gasteiger partial charge in [-0.05, 0) is 24.6 Å². The van der Waals surface area contributed by atoms with E-state index in [-0.39, 0.29) is 5.91 Å². The number of carbonyl (C=O) groups excluding carboxylic acids is 1. The van der Waals surface area contributed by atoms with Gasteiger partial charge in [0.25, 0.3) is 0 Å². The molecule has 0 saturated carbocycles. The van der Waals surface area contributed by atoms with E-state index >= 15 is 0 Å². The average molecular weight is 338 g/mol. The first-order valence-electron chi connectivity index (χ1n) is 7.37. The fourth-order valence-corrected chi connectivity index (χ4v) is 2.22. The van der Waals surface area contributed by atoms with Gasteiger partial charge in [-0.3, -0.25) is 9.20 Å². The first-order chi connectivity index (χ1) is 11.2. The summed E-state index contributed by atoms with van der Waals surface area (Å²) in [4.78, 5) is 16.0. The molecule has 0 saturated heterocycles. The Hall–Kier alpha value is -1.89. The number of hydrogen-bond acceptors (Lipinski definition) is 4. The number of rotatable bonds is 9. The number of halogens is 1. The molecule has 6 nitrogen and oxygen atoms in total. The lowest BCUT2D eigenvalue weighted by Gasteiger charge is -2.04. The molecule has 124 valence electrons. The summed E-state index contributed by atoms with van der Waals surface area (Å²) in [5.41, 5.74) is 1.42. The molecular formula is C16H20ClN3O3. The summed E-state index contributed by atoms with van der Waals surface area (Å²) >= 11 is 6.10. The highest BCUT2D eigenvalue weighted by atomic mass is 35.5. The van der Waals surface area contributed by atoms with E-state index in [1.165, 1.54) is 6.08 Å². The Kier molecular flexibility index (Phi) is 7.06. The second kappa shape index (κ2) is 9.29. The molecule has 0 aliphatic heterocycles. The largest absolute Gasteiger partial charge is 0.382 e. The molecule has 1 amide bonds. The van der Waals surface area contributed by atoms with Gasteiger partial charge in [0.2, 0.25) is 5.91 Å². The maximum absolute atomic E-state index is 11.8. The second-order valence-corrected chi connectivity index (χ2v) is 5.16. The fraction of sp³-hybridized carbons (Fsp3) is 0.375. The van der Waals surface area contributed by atoms with Crippen LogP contribution in [0.5, 0.6) is 0 Å². The molecule has 1 N–H and O–H groups in total. The third-order valence-corrected chi connectivity index (χ3v) is 3.39. The van der Waals surface area contributed by atoms with Crippen LogP contribution in [0.3, 0.4) is 0 Å². The van der Waals surface area contributed by atoms with Crippen LogP contribution in [0.2, 0.25) is 5.15 Å². The number of carbonyl (C=O) groups is 1. The number of pyridine rings is 1. The quantitative estimate of drug-likeness (QED) is 0.562.